The number of amides is 2. The first-order valence-electron chi connectivity index (χ1n) is 7.91. The van der Waals surface area contributed by atoms with E-state index in [1.54, 1.807) is 0 Å². The van der Waals surface area contributed by atoms with Crippen molar-refractivity contribution in [2.45, 2.75) is 77.3 Å². The van der Waals surface area contributed by atoms with Crippen LogP contribution < -0.4 is 11.1 Å². The quantitative estimate of drug-likeness (QED) is 0.746. The summed E-state index contributed by atoms with van der Waals surface area (Å²) in [6.45, 7) is 7.70. The van der Waals surface area contributed by atoms with Crippen LogP contribution in [0.3, 0.4) is 0 Å². The topological polar surface area (TPSA) is 58.4 Å². The van der Waals surface area contributed by atoms with Crippen molar-refractivity contribution in [2.24, 2.45) is 5.73 Å². The molecule has 0 aromatic carbocycles. The third kappa shape index (κ3) is 3.85. The Labute approximate surface area is 118 Å². The highest BCUT2D eigenvalue weighted by molar-refractivity contribution is 5.75. The lowest BCUT2D eigenvalue weighted by Crippen LogP contribution is -2.59. The molecule has 0 spiro atoms. The van der Waals surface area contributed by atoms with Crippen molar-refractivity contribution in [3.63, 3.8) is 0 Å². The Morgan fingerprint density at radius 2 is 1.84 bits per heavy atom. The van der Waals surface area contributed by atoms with E-state index in [2.05, 4.69) is 26.1 Å². The first-order chi connectivity index (χ1) is 9.13. The van der Waals surface area contributed by atoms with E-state index < -0.39 is 0 Å². The van der Waals surface area contributed by atoms with Crippen molar-refractivity contribution in [3.05, 3.63) is 0 Å². The number of carbonyl (C=O) groups is 1. The van der Waals surface area contributed by atoms with Crippen LogP contribution in [0.4, 0.5) is 4.79 Å². The fourth-order valence-corrected chi connectivity index (χ4v) is 3.13. The predicted molar refractivity (Wildman–Crippen MR) is 80.2 cm³/mol. The number of hydrogen-bond acceptors (Lipinski definition) is 2. The Hall–Kier alpha value is -0.770. The van der Waals surface area contributed by atoms with Crippen LogP contribution in [0.5, 0.6) is 0 Å². The molecule has 0 radical (unpaired) electrons. The Morgan fingerprint density at radius 3 is 2.26 bits per heavy atom. The molecule has 0 saturated heterocycles. The summed E-state index contributed by atoms with van der Waals surface area (Å²) in [4.78, 5) is 14.6. The fourth-order valence-electron chi connectivity index (χ4n) is 3.13. The first-order valence-corrected chi connectivity index (χ1v) is 7.91. The van der Waals surface area contributed by atoms with Gasteiger partial charge in [0.25, 0.3) is 0 Å². The van der Waals surface area contributed by atoms with Crippen LogP contribution >= 0.6 is 0 Å². The van der Waals surface area contributed by atoms with Crippen molar-refractivity contribution in [3.8, 4) is 0 Å². The van der Waals surface area contributed by atoms with E-state index in [1.807, 2.05) is 4.90 Å². The van der Waals surface area contributed by atoms with E-state index in [-0.39, 0.29) is 11.6 Å². The van der Waals surface area contributed by atoms with Crippen molar-refractivity contribution in [1.29, 1.82) is 0 Å². The van der Waals surface area contributed by atoms with Crippen molar-refractivity contribution in [2.75, 3.05) is 13.1 Å². The van der Waals surface area contributed by atoms with E-state index in [9.17, 15) is 4.79 Å². The molecule has 1 rings (SSSR count). The van der Waals surface area contributed by atoms with Crippen LogP contribution in [0.15, 0.2) is 0 Å². The highest BCUT2D eigenvalue weighted by Gasteiger charge is 2.35. The summed E-state index contributed by atoms with van der Waals surface area (Å²) >= 11 is 0. The van der Waals surface area contributed by atoms with Gasteiger partial charge in [-0.3, -0.25) is 0 Å². The summed E-state index contributed by atoms with van der Waals surface area (Å²) in [6, 6.07) is 0.457. The summed E-state index contributed by atoms with van der Waals surface area (Å²) in [5, 5.41) is 3.20. The largest absolute Gasteiger partial charge is 0.335 e. The van der Waals surface area contributed by atoms with Gasteiger partial charge in [-0.1, -0.05) is 33.6 Å². The molecule has 2 amide bonds. The number of hydrogen-bond donors (Lipinski definition) is 2. The van der Waals surface area contributed by atoms with Crippen molar-refractivity contribution >= 4 is 6.03 Å². The summed E-state index contributed by atoms with van der Waals surface area (Å²) in [6.07, 6.45) is 7.53. The Morgan fingerprint density at radius 1 is 1.26 bits per heavy atom. The molecule has 4 heteroatoms. The highest BCUT2D eigenvalue weighted by Crippen LogP contribution is 2.25. The number of nitrogens with zero attached hydrogens (tertiary/aromatic N) is 1. The van der Waals surface area contributed by atoms with Gasteiger partial charge in [-0.15, -0.1) is 0 Å². The fraction of sp³-hybridized carbons (Fsp3) is 0.933. The maximum absolute atomic E-state index is 12.6. The zero-order valence-electron chi connectivity index (χ0n) is 12.9. The van der Waals surface area contributed by atoms with Gasteiger partial charge in [-0.25, -0.2) is 4.79 Å². The predicted octanol–water partition coefficient (Wildman–Crippen LogP) is 2.87. The van der Waals surface area contributed by atoms with Crippen molar-refractivity contribution < 1.29 is 4.79 Å². The normalized spacial score (nSPS) is 16.6. The lowest BCUT2D eigenvalue weighted by molar-refractivity contribution is 0.106. The number of nitrogens with two attached hydrogens (primary N) is 1. The first kappa shape index (κ1) is 16.3. The van der Waals surface area contributed by atoms with E-state index in [0.717, 1.165) is 38.6 Å². The third-order valence-corrected chi connectivity index (χ3v) is 4.64. The van der Waals surface area contributed by atoms with E-state index in [1.165, 1.54) is 12.8 Å². The van der Waals surface area contributed by atoms with Gasteiger partial charge in [-0.2, -0.15) is 0 Å². The van der Waals surface area contributed by atoms with Gasteiger partial charge in [0.1, 0.15) is 0 Å². The van der Waals surface area contributed by atoms with Gasteiger partial charge in [0.15, 0.2) is 0 Å². The molecule has 112 valence electrons. The lowest BCUT2D eigenvalue weighted by Gasteiger charge is -2.43. The average molecular weight is 269 g/mol. The molecular weight excluding hydrogens is 238 g/mol. The number of carbonyl (C=O) groups excluding carboxylic acids is 1. The Kier molecular flexibility index (Phi) is 6.63. The number of urea groups is 1. The van der Waals surface area contributed by atoms with Crippen LogP contribution in [0.2, 0.25) is 0 Å². The monoisotopic (exact) mass is 269 g/mol. The lowest BCUT2D eigenvalue weighted by atomic mass is 9.90. The summed E-state index contributed by atoms with van der Waals surface area (Å²) in [5.41, 5.74) is 5.80. The minimum Gasteiger partial charge on any atom is -0.335 e. The molecule has 0 unspecified atom stereocenters. The van der Waals surface area contributed by atoms with Crippen LogP contribution in [0.1, 0.15) is 65.7 Å². The molecule has 1 aliphatic carbocycles. The molecule has 0 aromatic rings. The average Bonchev–Trinajstić information content (AvgIpc) is 2.93. The Balaban J connectivity index is 2.75. The van der Waals surface area contributed by atoms with E-state index >= 15 is 0 Å². The molecule has 0 aliphatic heterocycles. The minimum absolute atomic E-state index is 0.0860. The highest BCUT2D eigenvalue weighted by atomic mass is 16.2. The zero-order chi connectivity index (χ0) is 14.3. The van der Waals surface area contributed by atoms with Crippen LogP contribution in [0, 0.1) is 0 Å². The van der Waals surface area contributed by atoms with Gasteiger partial charge >= 0.3 is 6.03 Å². The molecular formula is C15H31N3O. The maximum Gasteiger partial charge on any atom is 0.318 e. The second-order valence-electron chi connectivity index (χ2n) is 5.72. The van der Waals surface area contributed by atoms with Gasteiger partial charge < -0.3 is 16.0 Å². The van der Waals surface area contributed by atoms with Crippen LogP contribution in [-0.4, -0.2) is 35.6 Å². The van der Waals surface area contributed by atoms with Crippen LogP contribution in [0.25, 0.3) is 0 Å². The number of rotatable bonds is 7. The second kappa shape index (κ2) is 7.73. The molecule has 4 nitrogen and oxygen atoms in total. The minimum atomic E-state index is -0.182. The van der Waals surface area contributed by atoms with Gasteiger partial charge in [-0.05, 0) is 32.1 Å². The second-order valence-corrected chi connectivity index (χ2v) is 5.72. The molecule has 19 heavy (non-hydrogen) atoms. The molecule has 1 aliphatic rings. The van der Waals surface area contributed by atoms with Crippen molar-refractivity contribution in [1.82, 2.24) is 10.2 Å². The molecule has 0 heterocycles. The van der Waals surface area contributed by atoms with Gasteiger partial charge in [0.05, 0.1) is 5.54 Å². The summed E-state index contributed by atoms with van der Waals surface area (Å²) < 4.78 is 0. The molecule has 1 fully saturated rings. The third-order valence-electron chi connectivity index (χ3n) is 4.64. The standard InChI is InChI=1S/C15H31N3O/c1-4-11-18(15(5-2,6-3)12-16)14(19)17-13-9-7-8-10-13/h13H,4-12,16H2,1-3H3,(H,17,19). The maximum atomic E-state index is 12.6. The summed E-state index contributed by atoms with van der Waals surface area (Å²) in [5.74, 6) is 0. The molecule has 3 N–H and O–H groups in total. The molecule has 0 atom stereocenters. The SMILES string of the molecule is CCCN(C(=O)NC1CCCC1)C(CC)(CC)CN. The molecule has 1 saturated carbocycles. The van der Waals surface area contributed by atoms with E-state index in [4.69, 9.17) is 5.73 Å². The van der Waals surface area contributed by atoms with Gasteiger partial charge in [0.2, 0.25) is 0 Å². The number of nitrogens with one attached hydrogen (secondary N) is 1. The van der Waals surface area contributed by atoms with E-state index in [0.29, 0.717) is 12.6 Å². The Bertz CT molecular complexity index is 262. The zero-order valence-corrected chi connectivity index (χ0v) is 12.9. The van der Waals surface area contributed by atoms with Gasteiger partial charge in [0, 0.05) is 19.1 Å². The molecule has 0 aromatic heterocycles. The van der Waals surface area contributed by atoms with Crippen LogP contribution in [-0.2, 0) is 0 Å². The molecule has 0 bridgehead atoms. The smallest absolute Gasteiger partial charge is 0.318 e. The summed E-state index contributed by atoms with van der Waals surface area (Å²) in [7, 11) is 0.